The lowest BCUT2D eigenvalue weighted by Gasteiger charge is -2.24. The highest BCUT2D eigenvalue weighted by molar-refractivity contribution is 5.81. The van der Waals surface area contributed by atoms with Gasteiger partial charge in [-0.15, -0.1) is 0 Å². The molecule has 1 saturated heterocycles. The van der Waals surface area contributed by atoms with Gasteiger partial charge in [-0.05, 0) is 12.8 Å². The molecule has 1 rings (SSSR count). The lowest BCUT2D eigenvalue weighted by atomic mass is 9.83. The molecule has 6 nitrogen and oxygen atoms in total. The van der Waals surface area contributed by atoms with Crippen molar-refractivity contribution in [2.75, 3.05) is 19.6 Å². The van der Waals surface area contributed by atoms with Crippen LogP contribution in [0.25, 0.3) is 0 Å². The van der Waals surface area contributed by atoms with Crippen LogP contribution in [0.1, 0.15) is 39.5 Å². The minimum absolute atomic E-state index is 0.0898. The third-order valence-electron chi connectivity index (χ3n) is 3.60. The molecule has 108 valence electrons. The number of carbonyl (C=O) groups is 3. The molecule has 0 radical (unpaired) electrons. The van der Waals surface area contributed by atoms with Crippen LogP contribution in [-0.4, -0.2) is 47.4 Å². The van der Waals surface area contributed by atoms with Gasteiger partial charge in [-0.25, -0.2) is 0 Å². The van der Waals surface area contributed by atoms with Gasteiger partial charge in [-0.2, -0.15) is 0 Å². The first-order valence-corrected chi connectivity index (χ1v) is 6.67. The molecule has 1 fully saturated rings. The zero-order valence-corrected chi connectivity index (χ0v) is 11.6. The largest absolute Gasteiger partial charge is 0.481 e. The molecule has 1 heterocycles. The molecule has 0 aliphatic carbocycles. The number of hydrogen-bond donors (Lipinski definition) is 2. The molecule has 19 heavy (non-hydrogen) atoms. The van der Waals surface area contributed by atoms with E-state index >= 15 is 0 Å². The van der Waals surface area contributed by atoms with Gasteiger partial charge in [0.25, 0.3) is 0 Å². The van der Waals surface area contributed by atoms with E-state index in [0.29, 0.717) is 25.9 Å². The molecule has 1 atom stereocenters. The molecule has 6 heteroatoms. The lowest BCUT2D eigenvalue weighted by Crippen LogP contribution is -2.38. The maximum Gasteiger partial charge on any atom is 0.311 e. The molecule has 2 N–H and O–H groups in total. The van der Waals surface area contributed by atoms with Crippen LogP contribution < -0.4 is 5.32 Å². The quantitative estimate of drug-likeness (QED) is 0.740. The fourth-order valence-electron chi connectivity index (χ4n) is 2.55. The van der Waals surface area contributed by atoms with E-state index in [4.69, 9.17) is 0 Å². The number of carbonyl (C=O) groups excluding carboxylic acids is 2. The topological polar surface area (TPSA) is 86.7 Å². The summed E-state index contributed by atoms with van der Waals surface area (Å²) in [5.74, 6) is -1.07. The molecule has 0 aromatic rings. The number of nitrogens with one attached hydrogen (secondary N) is 1. The van der Waals surface area contributed by atoms with Crippen LogP contribution in [0.2, 0.25) is 0 Å². The molecular weight excluding hydrogens is 248 g/mol. The first-order chi connectivity index (χ1) is 8.91. The van der Waals surface area contributed by atoms with Crippen molar-refractivity contribution < 1.29 is 19.5 Å². The first-order valence-electron chi connectivity index (χ1n) is 6.67. The Morgan fingerprint density at radius 1 is 1.37 bits per heavy atom. The Kier molecular flexibility index (Phi) is 5.32. The molecule has 0 saturated carbocycles. The van der Waals surface area contributed by atoms with Crippen LogP contribution in [0.15, 0.2) is 0 Å². The number of aliphatic carboxylic acids is 1. The summed E-state index contributed by atoms with van der Waals surface area (Å²) in [6, 6.07) is 0. The van der Waals surface area contributed by atoms with Crippen molar-refractivity contribution in [2.45, 2.75) is 39.5 Å². The van der Waals surface area contributed by atoms with Crippen molar-refractivity contribution in [1.29, 1.82) is 0 Å². The van der Waals surface area contributed by atoms with Gasteiger partial charge in [0.2, 0.25) is 11.8 Å². The third-order valence-corrected chi connectivity index (χ3v) is 3.60. The maximum atomic E-state index is 11.9. The van der Waals surface area contributed by atoms with Crippen molar-refractivity contribution in [3.63, 3.8) is 0 Å². The summed E-state index contributed by atoms with van der Waals surface area (Å²) in [7, 11) is 0. The Bertz CT molecular complexity index is 370. The molecule has 2 amide bonds. The SMILES string of the molecule is CCCC1(C(=O)O)CCN(C(=O)CCNC(C)=O)C1. The van der Waals surface area contributed by atoms with Gasteiger partial charge in [0.15, 0.2) is 0 Å². The Labute approximate surface area is 113 Å². The van der Waals surface area contributed by atoms with Crippen LogP contribution in [0.4, 0.5) is 0 Å². The molecule has 1 aliphatic rings. The summed E-state index contributed by atoms with van der Waals surface area (Å²) in [5.41, 5.74) is -0.779. The molecule has 0 aromatic heterocycles. The summed E-state index contributed by atoms with van der Waals surface area (Å²) in [6.45, 7) is 4.43. The zero-order valence-electron chi connectivity index (χ0n) is 11.6. The second kappa shape index (κ2) is 6.54. The van der Waals surface area contributed by atoms with E-state index in [9.17, 15) is 19.5 Å². The smallest absolute Gasteiger partial charge is 0.311 e. The number of carboxylic acids is 1. The molecule has 0 aromatic carbocycles. The fraction of sp³-hybridized carbons (Fsp3) is 0.769. The Morgan fingerprint density at radius 3 is 2.58 bits per heavy atom. The molecule has 0 bridgehead atoms. The van der Waals surface area contributed by atoms with Crippen molar-refractivity contribution in [3.05, 3.63) is 0 Å². The number of carboxylic acid groups (broad SMARTS) is 1. The lowest BCUT2D eigenvalue weighted by molar-refractivity contribution is -0.149. The molecule has 0 spiro atoms. The van der Waals surface area contributed by atoms with Gasteiger partial charge in [0.1, 0.15) is 0 Å². The summed E-state index contributed by atoms with van der Waals surface area (Å²) in [4.78, 5) is 35.6. The van der Waals surface area contributed by atoms with E-state index in [0.717, 1.165) is 6.42 Å². The van der Waals surface area contributed by atoms with Crippen molar-refractivity contribution >= 4 is 17.8 Å². The van der Waals surface area contributed by atoms with E-state index < -0.39 is 11.4 Å². The van der Waals surface area contributed by atoms with Gasteiger partial charge in [0.05, 0.1) is 5.41 Å². The minimum atomic E-state index is -0.813. The van der Waals surface area contributed by atoms with E-state index in [1.165, 1.54) is 6.92 Å². The van der Waals surface area contributed by atoms with Gasteiger partial charge in [0, 0.05) is 33.0 Å². The van der Waals surface area contributed by atoms with E-state index in [1.807, 2.05) is 6.92 Å². The van der Waals surface area contributed by atoms with Gasteiger partial charge < -0.3 is 15.3 Å². The second-order valence-corrected chi connectivity index (χ2v) is 5.13. The van der Waals surface area contributed by atoms with E-state index in [1.54, 1.807) is 4.90 Å². The van der Waals surface area contributed by atoms with Crippen LogP contribution in [0.5, 0.6) is 0 Å². The van der Waals surface area contributed by atoms with Crippen molar-refractivity contribution in [1.82, 2.24) is 10.2 Å². The van der Waals surface area contributed by atoms with Crippen molar-refractivity contribution in [3.8, 4) is 0 Å². The monoisotopic (exact) mass is 270 g/mol. The minimum Gasteiger partial charge on any atom is -0.481 e. The molecule has 1 unspecified atom stereocenters. The van der Waals surface area contributed by atoms with Gasteiger partial charge in [-0.1, -0.05) is 13.3 Å². The summed E-state index contributed by atoms with van der Waals surface area (Å²) >= 11 is 0. The van der Waals surface area contributed by atoms with Gasteiger partial charge >= 0.3 is 5.97 Å². The van der Waals surface area contributed by atoms with Crippen LogP contribution in [0, 0.1) is 5.41 Å². The number of likely N-dealkylation sites (tertiary alicyclic amines) is 1. The Hall–Kier alpha value is -1.59. The highest BCUT2D eigenvalue weighted by Gasteiger charge is 2.45. The molecule has 1 aliphatic heterocycles. The summed E-state index contributed by atoms with van der Waals surface area (Å²) < 4.78 is 0. The van der Waals surface area contributed by atoms with E-state index in [-0.39, 0.29) is 24.8 Å². The van der Waals surface area contributed by atoms with E-state index in [2.05, 4.69) is 5.32 Å². The number of hydrogen-bond acceptors (Lipinski definition) is 3. The zero-order chi connectivity index (χ0) is 14.5. The Balaban J connectivity index is 2.52. The Morgan fingerprint density at radius 2 is 2.05 bits per heavy atom. The summed E-state index contributed by atoms with van der Waals surface area (Å²) in [5, 5.41) is 11.9. The average molecular weight is 270 g/mol. The number of nitrogens with zero attached hydrogens (tertiary/aromatic N) is 1. The predicted molar refractivity (Wildman–Crippen MR) is 69.5 cm³/mol. The predicted octanol–water partition coefficient (Wildman–Crippen LogP) is 0.616. The highest BCUT2D eigenvalue weighted by atomic mass is 16.4. The van der Waals surface area contributed by atoms with Crippen LogP contribution in [-0.2, 0) is 14.4 Å². The highest BCUT2D eigenvalue weighted by Crippen LogP contribution is 2.35. The van der Waals surface area contributed by atoms with Crippen LogP contribution in [0.3, 0.4) is 0 Å². The normalized spacial score (nSPS) is 22.3. The molecular formula is C13H22N2O4. The van der Waals surface area contributed by atoms with Crippen molar-refractivity contribution in [2.24, 2.45) is 5.41 Å². The number of rotatable bonds is 6. The maximum absolute atomic E-state index is 11.9. The first kappa shape index (κ1) is 15.5. The standard InChI is InChI=1S/C13H22N2O4/c1-3-5-13(12(18)19)6-8-15(9-13)11(17)4-7-14-10(2)16/h3-9H2,1-2H3,(H,14,16)(H,18,19). The third kappa shape index (κ3) is 3.94. The fourth-order valence-corrected chi connectivity index (χ4v) is 2.55. The van der Waals surface area contributed by atoms with Crippen LogP contribution >= 0.6 is 0 Å². The van der Waals surface area contributed by atoms with Gasteiger partial charge in [-0.3, -0.25) is 14.4 Å². The average Bonchev–Trinajstić information content (AvgIpc) is 2.74. The second-order valence-electron chi connectivity index (χ2n) is 5.13. The number of amides is 2. The summed E-state index contributed by atoms with van der Waals surface area (Å²) in [6.07, 6.45) is 2.13.